The van der Waals surface area contributed by atoms with E-state index >= 15 is 0 Å². The van der Waals surface area contributed by atoms with Crippen LogP contribution in [-0.2, 0) is 9.53 Å². The molecule has 102 valence electrons. The van der Waals surface area contributed by atoms with Crippen LogP contribution in [0.2, 0.25) is 0 Å². The molecule has 0 radical (unpaired) electrons. The average molecular weight is 280 g/mol. The Labute approximate surface area is 115 Å². The van der Waals surface area contributed by atoms with Gasteiger partial charge in [0.2, 0.25) is 11.7 Å². The maximum absolute atomic E-state index is 11.9. The molecule has 0 aliphatic carbocycles. The van der Waals surface area contributed by atoms with E-state index in [1.807, 2.05) is 38.3 Å². The number of rotatable bonds is 3. The number of hydrogen-bond acceptors (Lipinski definition) is 6. The summed E-state index contributed by atoms with van der Waals surface area (Å²) < 4.78 is 10.4. The van der Waals surface area contributed by atoms with Gasteiger partial charge in [-0.1, -0.05) is 11.2 Å². The van der Waals surface area contributed by atoms with Crippen LogP contribution in [-0.4, -0.2) is 21.7 Å². The van der Waals surface area contributed by atoms with Gasteiger partial charge in [0.15, 0.2) is 0 Å². The summed E-state index contributed by atoms with van der Waals surface area (Å²) in [5, 5.41) is 5.81. The molecule has 0 saturated heterocycles. The van der Waals surface area contributed by atoms with E-state index in [0.717, 1.165) is 4.88 Å². The topological polar surface area (TPSA) is 65.2 Å². The highest BCUT2D eigenvalue weighted by Gasteiger charge is 2.27. The first-order valence-corrected chi connectivity index (χ1v) is 6.85. The summed E-state index contributed by atoms with van der Waals surface area (Å²) in [6.07, 6.45) is 0. The molecule has 0 fully saturated rings. The molecule has 0 spiro atoms. The SMILES string of the molecule is CC(C(=O)OC(C)(C)C)c1nc(-c2cccs2)no1. The first-order chi connectivity index (χ1) is 8.87. The Hall–Kier alpha value is -1.69. The summed E-state index contributed by atoms with van der Waals surface area (Å²) >= 11 is 1.52. The fourth-order valence-electron chi connectivity index (χ4n) is 1.41. The van der Waals surface area contributed by atoms with Crippen molar-refractivity contribution in [3.05, 3.63) is 23.4 Å². The number of carbonyl (C=O) groups excluding carboxylic acids is 1. The molecule has 2 heterocycles. The molecule has 6 heteroatoms. The van der Waals surface area contributed by atoms with Gasteiger partial charge >= 0.3 is 5.97 Å². The predicted molar refractivity (Wildman–Crippen MR) is 71.9 cm³/mol. The van der Waals surface area contributed by atoms with Crippen molar-refractivity contribution in [1.82, 2.24) is 10.1 Å². The third kappa shape index (κ3) is 3.41. The second kappa shape index (κ2) is 5.13. The lowest BCUT2D eigenvalue weighted by molar-refractivity contribution is -0.156. The molecule has 2 rings (SSSR count). The molecule has 0 bridgehead atoms. The van der Waals surface area contributed by atoms with Gasteiger partial charge in [-0.25, -0.2) is 0 Å². The van der Waals surface area contributed by atoms with E-state index in [9.17, 15) is 4.79 Å². The number of aromatic nitrogens is 2. The second-order valence-corrected chi connectivity index (χ2v) is 6.14. The number of nitrogens with zero attached hydrogens (tertiary/aromatic N) is 2. The standard InChI is InChI=1S/C13H16N2O3S/c1-8(12(16)17-13(2,3)4)11-14-10(15-18-11)9-6-5-7-19-9/h5-8H,1-4H3. The normalized spacial score (nSPS) is 13.3. The molecule has 19 heavy (non-hydrogen) atoms. The van der Waals surface area contributed by atoms with Gasteiger partial charge in [0.25, 0.3) is 0 Å². The monoisotopic (exact) mass is 280 g/mol. The van der Waals surface area contributed by atoms with E-state index in [2.05, 4.69) is 10.1 Å². The highest BCUT2D eigenvalue weighted by Crippen LogP contribution is 2.25. The van der Waals surface area contributed by atoms with Gasteiger partial charge in [0.05, 0.1) is 4.88 Å². The van der Waals surface area contributed by atoms with Crippen LogP contribution >= 0.6 is 11.3 Å². The molecular weight excluding hydrogens is 264 g/mol. The lowest BCUT2D eigenvalue weighted by Gasteiger charge is -2.20. The lowest BCUT2D eigenvalue weighted by atomic mass is 10.1. The molecule has 0 aliphatic heterocycles. The quantitative estimate of drug-likeness (QED) is 0.807. The summed E-state index contributed by atoms with van der Waals surface area (Å²) in [5.41, 5.74) is -0.526. The Bertz CT molecular complexity index is 555. The summed E-state index contributed by atoms with van der Waals surface area (Å²) in [5.74, 6) is -0.160. The maximum atomic E-state index is 11.9. The smallest absolute Gasteiger partial charge is 0.318 e. The van der Waals surface area contributed by atoms with Crippen molar-refractivity contribution in [2.24, 2.45) is 0 Å². The van der Waals surface area contributed by atoms with E-state index < -0.39 is 11.5 Å². The highest BCUT2D eigenvalue weighted by molar-refractivity contribution is 7.13. The van der Waals surface area contributed by atoms with Crippen molar-refractivity contribution in [3.8, 4) is 10.7 Å². The molecule has 5 nitrogen and oxygen atoms in total. The number of thiophene rings is 1. The number of hydrogen-bond donors (Lipinski definition) is 0. The molecule has 0 aromatic carbocycles. The van der Waals surface area contributed by atoms with Crippen molar-refractivity contribution in [2.75, 3.05) is 0 Å². The van der Waals surface area contributed by atoms with Crippen LogP contribution in [0.4, 0.5) is 0 Å². The van der Waals surface area contributed by atoms with Crippen molar-refractivity contribution < 1.29 is 14.1 Å². The van der Waals surface area contributed by atoms with Crippen molar-refractivity contribution in [2.45, 2.75) is 39.2 Å². The minimum absolute atomic E-state index is 0.276. The van der Waals surface area contributed by atoms with Crippen LogP contribution in [0.15, 0.2) is 22.0 Å². The fourth-order valence-corrected chi connectivity index (χ4v) is 2.06. The Morgan fingerprint density at radius 3 is 2.79 bits per heavy atom. The zero-order valence-electron chi connectivity index (χ0n) is 11.3. The van der Waals surface area contributed by atoms with Crippen molar-refractivity contribution >= 4 is 17.3 Å². The molecule has 0 N–H and O–H groups in total. The van der Waals surface area contributed by atoms with Gasteiger partial charge in [0, 0.05) is 0 Å². The molecule has 2 aromatic heterocycles. The molecule has 0 amide bonds. The summed E-state index contributed by atoms with van der Waals surface area (Å²) in [7, 11) is 0. The van der Waals surface area contributed by atoms with E-state index in [1.165, 1.54) is 11.3 Å². The van der Waals surface area contributed by atoms with E-state index in [-0.39, 0.29) is 11.9 Å². The number of carbonyl (C=O) groups is 1. The highest BCUT2D eigenvalue weighted by atomic mass is 32.1. The van der Waals surface area contributed by atoms with Crippen LogP contribution in [0.1, 0.15) is 39.5 Å². The average Bonchev–Trinajstić information content (AvgIpc) is 2.96. The largest absolute Gasteiger partial charge is 0.459 e. The minimum atomic E-state index is -0.569. The maximum Gasteiger partial charge on any atom is 0.318 e. The molecule has 0 saturated carbocycles. The first-order valence-electron chi connectivity index (χ1n) is 5.97. The Morgan fingerprint density at radius 1 is 1.47 bits per heavy atom. The second-order valence-electron chi connectivity index (χ2n) is 5.19. The summed E-state index contributed by atoms with van der Waals surface area (Å²) in [6, 6.07) is 3.81. The predicted octanol–water partition coefficient (Wildman–Crippen LogP) is 3.24. The molecule has 0 aliphatic rings. The van der Waals surface area contributed by atoms with Crippen molar-refractivity contribution in [1.29, 1.82) is 0 Å². The zero-order valence-corrected chi connectivity index (χ0v) is 12.2. The number of esters is 1. The van der Waals surface area contributed by atoms with Gasteiger partial charge in [-0.2, -0.15) is 4.98 Å². The lowest BCUT2D eigenvalue weighted by Crippen LogP contribution is -2.26. The molecular formula is C13H16N2O3S. The van der Waals surface area contributed by atoms with Crippen molar-refractivity contribution in [3.63, 3.8) is 0 Å². The Morgan fingerprint density at radius 2 is 2.21 bits per heavy atom. The Kier molecular flexibility index (Phi) is 3.71. The third-order valence-electron chi connectivity index (χ3n) is 2.31. The van der Waals surface area contributed by atoms with Gasteiger partial charge in [-0.15, -0.1) is 11.3 Å². The molecule has 1 atom stereocenters. The van der Waals surface area contributed by atoms with Crippen LogP contribution in [0.25, 0.3) is 10.7 Å². The van der Waals surface area contributed by atoms with E-state index in [1.54, 1.807) is 6.92 Å². The summed E-state index contributed by atoms with van der Waals surface area (Å²) in [4.78, 5) is 17.1. The first kappa shape index (κ1) is 13.7. The van der Waals surface area contributed by atoms with Crippen LogP contribution in [0.5, 0.6) is 0 Å². The van der Waals surface area contributed by atoms with Crippen LogP contribution < -0.4 is 0 Å². The van der Waals surface area contributed by atoms with E-state index in [0.29, 0.717) is 5.82 Å². The van der Waals surface area contributed by atoms with Gasteiger partial charge in [0.1, 0.15) is 11.5 Å². The fraction of sp³-hybridized carbons (Fsp3) is 0.462. The third-order valence-corrected chi connectivity index (χ3v) is 3.18. The van der Waals surface area contributed by atoms with Gasteiger partial charge < -0.3 is 9.26 Å². The summed E-state index contributed by atoms with van der Waals surface area (Å²) in [6.45, 7) is 7.16. The molecule has 1 unspecified atom stereocenters. The van der Waals surface area contributed by atoms with Crippen LogP contribution in [0.3, 0.4) is 0 Å². The van der Waals surface area contributed by atoms with Crippen LogP contribution in [0, 0.1) is 0 Å². The zero-order chi connectivity index (χ0) is 14.0. The minimum Gasteiger partial charge on any atom is -0.459 e. The number of ether oxygens (including phenoxy) is 1. The van der Waals surface area contributed by atoms with E-state index in [4.69, 9.17) is 9.26 Å². The van der Waals surface area contributed by atoms with Gasteiger partial charge in [-0.3, -0.25) is 4.79 Å². The van der Waals surface area contributed by atoms with Gasteiger partial charge in [-0.05, 0) is 39.1 Å². The Balaban J connectivity index is 2.12. The molecule has 2 aromatic rings.